The topological polar surface area (TPSA) is 12.5 Å². The quantitative estimate of drug-likeness (QED) is 0.159. The van der Waals surface area contributed by atoms with Crippen molar-refractivity contribution in [1.82, 2.24) is 0 Å². The van der Waals surface area contributed by atoms with Crippen LogP contribution < -0.4 is 9.64 Å². The Morgan fingerprint density at radius 1 is 0.444 bits per heavy atom. The van der Waals surface area contributed by atoms with Gasteiger partial charge in [-0.1, -0.05) is 184 Å². The molecule has 9 aromatic rings. The Morgan fingerprint density at radius 3 is 1.81 bits per heavy atom. The van der Waals surface area contributed by atoms with E-state index in [9.17, 15) is 0 Å². The first-order valence-corrected chi connectivity index (χ1v) is 22.1. The first-order valence-electron chi connectivity index (χ1n) is 22.1. The molecule has 0 spiro atoms. The van der Waals surface area contributed by atoms with Crippen LogP contribution in [0.4, 0.5) is 17.1 Å². The zero-order valence-corrected chi connectivity index (χ0v) is 35.4. The van der Waals surface area contributed by atoms with Crippen LogP contribution in [0.3, 0.4) is 0 Å². The summed E-state index contributed by atoms with van der Waals surface area (Å²) >= 11 is 0. The SMILES string of the molecule is CC1(C)c2cc(C3=CC4c5ccccc5OC4C=C3)ccc2-c2ccc(N(c3ccc(-c4cccc(-c5ccccc5)c4)cc3)c3ccc(-c4ccccc4)c4ccccc34)cc21. The average molecular weight is 808 g/mol. The minimum absolute atomic E-state index is 0.0522. The number of para-hydroxylation sites is 1. The van der Waals surface area contributed by atoms with Gasteiger partial charge in [-0.25, -0.2) is 0 Å². The van der Waals surface area contributed by atoms with Gasteiger partial charge in [0.2, 0.25) is 0 Å². The minimum Gasteiger partial charge on any atom is -0.485 e. The first kappa shape index (κ1) is 37.1. The molecule has 12 rings (SSSR count). The fourth-order valence-electron chi connectivity index (χ4n) is 10.4. The summed E-state index contributed by atoms with van der Waals surface area (Å²) < 4.78 is 6.30. The van der Waals surface area contributed by atoms with Crippen molar-refractivity contribution in [2.75, 3.05) is 4.90 Å². The largest absolute Gasteiger partial charge is 0.485 e. The number of benzene rings is 9. The van der Waals surface area contributed by atoms with E-state index in [1.165, 1.54) is 83.1 Å². The summed E-state index contributed by atoms with van der Waals surface area (Å²) in [6.07, 6.45) is 6.94. The van der Waals surface area contributed by atoms with Gasteiger partial charge in [-0.15, -0.1) is 0 Å². The number of ether oxygens (including phenoxy) is 1. The molecule has 0 saturated heterocycles. The smallest absolute Gasteiger partial charge is 0.128 e. The lowest BCUT2D eigenvalue weighted by Crippen LogP contribution is -2.18. The molecule has 2 atom stereocenters. The van der Waals surface area contributed by atoms with Gasteiger partial charge in [-0.2, -0.15) is 0 Å². The molecule has 9 aromatic carbocycles. The van der Waals surface area contributed by atoms with Crippen LogP contribution in [0.15, 0.2) is 224 Å². The van der Waals surface area contributed by atoms with E-state index in [4.69, 9.17) is 4.74 Å². The molecule has 0 bridgehead atoms. The molecule has 300 valence electrons. The maximum Gasteiger partial charge on any atom is 0.128 e. The number of allylic oxidation sites excluding steroid dienone is 2. The normalized spacial score (nSPS) is 16.4. The average Bonchev–Trinajstić information content (AvgIpc) is 3.83. The van der Waals surface area contributed by atoms with Crippen molar-refractivity contribution in [2.45, 2.75) is 31.3 Å². The maximum absolute atomic E-state index is 6.30. The van der Waals surface area contributed by atoms with Gasteiger partial charge in [0.1, 0.15) is 11.9 Å². The van der Waals surface area contributed by atoms with Gasteiger partial charge < -0.3 is 9.64 Å². The zero-order valence-electron chi connectivity index (χ0n) is 35.4. The van der Waals surface area contributed by atoms with Crippen LogP contribution in [0.2, 0.25) is 0 Å². The van der Waals surface area contributed by atoms with Gasteiger partial charge in [0.05, 0.1) is 5.69 Å². The van der Waals surface area contributed by atoms with Crippen molar-refractivity contribution in [1.29, 1.82) is 0 Å². The van der Waals surface area contributed by atoms with E-state index in [2.05, 4.69) is 243 Å². The van der Waals surface area contributed by atoms with Crippen molar-refractivity contribution >= 4 is 33.4 Å². The fourth-order valence-corrected chi connectivity index (χ4v) is 10.4. The lowest BCUT2D eigenvalue weighted by molar-refractivity contribution is 0.269. The third-order valence-corrected chi connectivity index (χ3v) is 13.6. The molecule has 63 heavy (non-hydrogen) atoms. The summed E-state index contributed by atoms with van der Waals surface area (Å²) in [7, 11) is 0. The van der Waals surface area contributed by atoms with Crippen LogP contribution >= 0.6 is 0 Å². The summed E-state index contributed by atoms with van der Waals surface area (Å²) in [5.74, 6) is 1.22. The molecule has 0 fully saturated rings. The molecule has 0 radical (unpaired) electrons. The van der Waals surface area contributed by atoms with Crippen LogP contribution in [0.5, 0.6) is 5.75 Å². The molecule has 2 nitrogen and oxygen atoms in total. The van der Waals surface area contributed by atoms with Crippen LogP contribution in [0.25, 0.3) is 60.9 Å². The van der Waals surface area contributed by atoms with Gasteiger partial charge in [-0.3, -0.25) is 0 Å². The monoisotopic (exact) mass is 807 g/mol. The summed E-state index contributed by atoms with van der Waals surface area (Å²) in [6, 6.07) is 75.5. The number of hydrogen-bond acceptors (Lipinski definition) is 2. The van der Waals surface area contributed by atoms with E-state index in [1.807, 2.05) is 0 Å². The molecular weight excluding hydrogens is 763 g/mol. The lowest BCUT2D eigenvalue weighted by Gasteiger charge is -2.29. The van der Waals surface area contributed by atoms with E-state index in [1.54, 1.807) is 0 Å². The Hall–Kier alpha value is -7.68. The Bertz CT molecular complexity index is 3280. The molecule has 2 heteroatoms. The molecule has 1 heterocycles. The van der Waals surface area contributed by atoms with Gasteiger partial charge in [0.25, 0.3) is 0 Å². The number of nitrogens with zero attached hydrogens (tertiary/aromatic N) is 1. The molecule has 3 aliphatic rings. The van der Waals surface area contributed by atoms with Crippen LogP contribution in [-0.2, 0) is 5.41 Å². The van der Waals surface area contributed by atoms with E-state index in [0.717, 1.165) is 22.8 Å². The second-order valence-corrected chi connectivity index (χ2v) is 17.6. The Morgan fingerprint density at radius 2 is 1.03 bits per heavy atom. The molecule has 2 unspecified atom stereocenters. The standard InChI is InChI=1S/C61H45NO/c1-61(2)56-38-46(45-27-35-60-55(37-45)54-22-11-12-23-59(54)63-60)26-31-51(56)52-32-30-48(39-57(52)61)62(58-34-33-49(42-16-7-4-8-17-42)50-20-9-10-21-53(50)58)47-28-24-41(25-29-47)44-19-13-18-43(36-44)40-14-5-3-6-15-40/h3-39,55,60H,1-2H3. The van der Waals surface area contributed by atoms with Crippen LogP contribution in [0, 0.1) is 0 Å². The summed E-state index contributed by atoms with van der Waals surface area (Å²) in [6.45, 7) is 4.78. The summed E-state index contributed by atoms with van der Waals surface area (Å²) in [5, 5.41) is 2.43. The van der Waals surface area contributed by atoms with Crippen LogP contribution in [0.1, 0.15) is 42.0 Å². The fraction of sp³-hybridized carbons (Fsp3) is 0.0820. The molecule has 1 aliphatic heterocycles. The lowest BCUT2D eigenvalue weighted by atomic mass is 9.80. The van der Waals surface area contributed by atoms with Crippen molar-refractivity contribution in [3.8, 4) is 50.3 Å². The molecule has 0 N–H and O–H groups in total. The summed E-state index contributed by atoms with van der Waals surface area (Å²) in [5.41, 5.74) is 19.5. The maximum atomic E-state index is 6.30. The third kappa shape index (κ3) is 6.24. The van der Waals surface area contributed by atoms with Gasteiger partial charge in [0, 0.05) is 33.7 Å². The molecule has 2 aliphatic carbocycles. The molecule has 0 aromatic heterocycles. The highest BCUT2D eigenvalue weighted by atomic mass is 16.5. The van der Waals surface area contributed by atoms with Gasteiger partial charge in [0.15, 0.2) is 0 Å². The minimum atomic E-state index is -0.222. The number of anilines is 3. The Labute approximate surface area is 369 Å². The highest BCUT2D eigenvalue weighted by Crippen LogP contribution is 2.53. The third-order valence-electron chi connectivity index (χ3n) is 13.6. The van der Waals surface area contributed by atoms with E-state index in [0.29, 0.717) is 0 Å². The highest BCUT2D eigenvalue weighted by molar-refractivity contribution is 6.06. The van der Waals surface area contributed by atoms with E-state index >= 15 is 0 Å². The predicted molar refractivity (Wildman–Crippen MR) is 263 cm³/mol. The van der Waals surface area contributed by atoms with Crippen molar-refractivity contribution in [3.63, 3.8) is 0 Å². The van der Waals surface area contributed by atoms with Gasteiger partial charge >= 0.3 is 0 Å². The van der Waals surface area contributed by atoms with E-state index in [-0.39, 0.29) is 17.4 Å². The number of hydrogen-bond donors (Lipinski definition) is 0. The highest BCUT2D eigenvalue weighted by Gasteiger charge is 2.38. The second-order valence-electron chi connectivity index (χ2n) is 17.6. The second kappa shape index (κ2) is 14.8. The zero-order chi connectivity index (χ0) is 42.1. The molecule has 0 amide bonds. The van der Waals surface area contributed by atoms with Crippen molar-refractivity contribution in [3.05, 3.63) is 247 Å². The number of rotatable bonds is 7. The van der Waals surface area contributed by atoms with Crippen molar-refractivity contribution < 1.29 is 4.74 Å². The molecular formula is C61H45NO. The molecule has 0 saturated carbocycles. The van der Waals surface area contributed by atoms with Crippen molar-refractivity contribution in [2.24, 2.45) is 0 Å². The Balaban J connectivity index is 0.957. The first-order chi connectivity index (χ1) is 31.0. The van der Waals surface area contributed by atoms with Crippen LogP contribution in [-0.4, -0.2) is 6.10 Å². The number of fused-ring (bicyclic) bond motifs is 7. The summed E-state index contributed by atoms with van der Waals surface area (Å²) in [4.78, 5) is 2.46. The van der Waals surface area contributed by atoms with Gasteiger partial charge in [-0.05, 0) is 127 Å². The van der Waals surface area contributed by atoms with E-state index < -0.39 is 0 Å². The predicted octanol–water partition coefficient (Wildman–Crippen LogP) is 16.1. The Kier molecular flexibility index (Phi) is 8.69.